The largest absolute Gasteiger partial charge is 0.353 e. The normalized spacial score (nSPS) is 23.6. The molecule has 132 valence electrons. The Balaban J connectivity index is 1.50. The molecule has 3 rings (SSSR count). The van der Waals surface area contributed by atoms with Crippen LogP contribution in [0.4, 0.5) is 4.39 Å². The van der Waals surface area contributed by atoms with E-state index in [1.54, 1.807) is 0 Å². The molecule has 1 unspecified atom stereocenters. The van der Waals surface area contributed by atoms with Crippen LogP contribution >= 0.6 is 0 Å². The summed E-state index contributed by atoms with van der Waals surface area (Å²) in [5, 5.41) is 3.31. The molecule has 1 atom stereocenters. The van der Waals surface area contributed by atoms with Crippen LogP contribution in [0.1, 0.15) is 56.9 Å². The minimum absolute atomic E-state index is 0.0995. The fourth-order valence-electron chi connectivity index (χ4n) is 4.00. The SMILES string of the molecule is O=C(NC1CCCCCC1)C1CCCN(Cc2ccc(F)cc2)C1. The maximum atomic E-state index is 13.0. The molecule has 2 fully saturated rings. The van der Waals surface area contributed by atoms with Gasteiger partial charge in [-0.3, -0.25) is 9.69 Å². The van der Waals surface area contributed by atoms with Crippen LogP contribution in [-0.4, -0.2) is 29.9 Å². The molecule has 1 aliphatic carbocycles. The van der Waals surface area contributed by atoms with E-state index in [4.69, 9.17) is 0 Å². The molecule has 1 N–H and O–H groups in total. The number of benzene rings is 1. The van der Waals surface area contributed by atoms with Crippen molar-refractivity contribution in [2.24, 2.45) is 5.92 Å². The smallest absolute Gasteiger partial charge is 0.224 e. The number of halogens is 1. The lowest BCUT2D eigenvalue weighted by Gasteiger charge is -2.33. The Labute approximate surface area is 144 Å². The van der Waals surface area contributed by atoms with Crippen molar-refractivity contribution in [1.29, 1.82) is 0 Å². The highest BCUT2D eigenvalue weighted by molar-refractivity contribution is 5.79. The molecule has 3 nitrogen and oxygen atoms in total. The van der Waals surface area contributed by atoms with Crippen molar-refractivity contribution in [3.05, 3.63) is 35.6 Å². The van der Waals surface area contributed by atoms with Crippen LogP contribution in [0, 0.1) is 11.7 Å². The molecule has 1 aromatic rings. The number of nitrogens with one attached hydrogen (secondary N) is 1. The number of hydrogen-bond donors (Lipinski definition) is 1. The lowest BCUT2D eigenvalue weighted by Crippen LogP contribution is -2.45. The summed E-state index contributed by atoms with van der Waals surface area (Å²) in [4.78, 5) is 15.0. The number of hydrogen-bond acceptors (Lipinski definition) is 2. The highest BCUT2D eigenvalue weighted by Crippen LogP contribution is 2.21. The summed E-state index contributed by atoms with van der Waals surface area (Å²) in [6, 6.07) is 7.08. The van der Waals surface area contributed by atoms with E-state index in [0.29, 0.717) is 6.04 Å². The summed E-state index contributed by atoms with van der Waals surface area (Å²) in [5.74, 6) is 0.145. The predicted octanol–water partition coefficient (Wildman–Crippen LogP) is 3.88. The fourth-order valence-corrected chi connectivity index (χ4v) is 4.00. The zero-order valence-electron chi connectivity index (χ0n) is 14.5. The Hall–Kier alpha value is -1.42. The average Bonchev–Trinajstić information content (AvgIpc) is 2.86. The first-order chi connectivity index (χ1) is 11.7. The number of nitrogens with zero attached hydrogens (tertiary/aromatic N) is 1. The van der Waals surface area contributed by atoms with Gasteiger partial charge in [-0.1, -0.05) is 37.8 Å². The number of rotatable bonds is 4. The Kier molecular flexibility index (Phi) is 6.24. The first kappa shape index (κ1) is 17.4. The lowest BCUT2D eigenvalue weighted by atomic mass is 9.95. The molecule has 1 aliphatic heterocycles. The van der Waals surface area contributed by atoms with Gasteiger partial charge in [0, 0.05) is 19.1 Å². The number of likely N-dealkylation sites (tertiary alicyclic amines) is 1. The van der Waals surface area contributed by atoms with Gasteiger partial charge in [-0.2, -0.15) is 0 Å². The summed E-state index contributed by atoms with van der Waals surface area (Å²) in [7, 11) is 0. The molecule has 24 heavy (non-hydrogen) atoms. The van der Waals surface area contributed by atoms with Gasteiger partial charge in [-0.25, -0.2) is 4.39 Å². The quantitative estimate of drug-likeness (QED) is 0.849. The molecule has 1 aromatic carbocycles. The number of amides is 1. The van der Waals surface area contributed by atoms with Gasteiger partial charge in [-0.05, 0) is 49.9 Å². The molecule has 0 radical (unpaired) electrons. The Bertz CT molecular complexity index is 523. The van der Waals surface area contributed by atoms with Crippen molar-refractivity contribution in [3.8, 4) is 0 Å². The van der Waals surface area contributed by atoms with Crippen LogP contribution in [0.25, 0.3) is 0 Å². The first-order valence-electron chi connectivity index (χ1n) is 9.48. The maximum absolute atomic E-state index is 13.0. The maximum Gasteiger partial charge on any atom is 0.224 e. The number of carbonyl (C=O) groups is 1. The average molecular weight is 332 g/mol. The lowest BCUT2D eigenvalue weighted by molar-refractivity contribution is -0.127. The van der Waals surface area contributed by atoms with E-state index in [2.05, 4.69) is 10.2 Å². The minimum atomic E-state index is -0.196. The molecule has 1 saturated heterocycles. The molecular formula is C20H29FN2O. The van der Waals surface area contributed by atoms with E-state index in [0.717, 1.165) is 50.9 Å². The molecule has 0 aromatic heterocycles. The van der Waals surface area contributed by atoms with Crippen molar-refractivity contribution in [2.45, 2.75) is 64.0 Å². The van der Waals surface area contributed by atoms with E-state index >= 15 is 0 Å². The third-order valence-corrected chi connectivity index (χ3v) is 5.40. The minimum Gasteiger partial charge on any atom is -0.353 e. The van der Waals surface area contributed by atoms with Gasteiger partial charge >= 0.3 is 0 Å². The van der Waals surface area contributed by atoms with Crippen LogP contribution < -0.4 is 5.32 Å². The van der Waals surface area contributed by atoms with Crippen molar-refractivity contribution in [1.82, 2.24) is 10.2 Å². The van der Waals surface area contributed by atoms with Crippen LogP contribution in [0.15, 0.2) is 24.3 Å². The molecule has 1 amide bonds. The van der Waals surface area contributed by atoms with Gasteiger partial charge in [0.2, 0.25) is 5.91 Å². The van der Waals surface area contributed by atoms with Crippen LogP contribution in [0.5, 0.6) is 0 Å². The number of piperidine rings is 1. The molecular weight excluding hydrogens is 303 g/mol. The summed E-state index contributed by atoms with van der Waals surface area (Å²) >= 11 is 0. The van der Waals surface area contributed by atoms with Gasteiger partial charge in [0.25, 0.3) is 0 Å². The van der Waals surface area contributed by atoms with Crippen molar-refractivity contribution < 1.29 is 9.18 Å². The zero-order valence-corrected chi connectivity index (χ0v) is 14.5. The van der Waals surface area contributed by atoms with E-state index in [-0.39, 0.29) is 17.6 Å². The van der Waals surface area contributed by atoms with Crippen molar-refractivity contribution in [3.63, 3.8) is 0 Å². The van der Waals surface area contributed by atoms with E-state index in [1.807, 2.05) is 12.1 Å². The van der Waals surface area contributed by atoms with E-state index < -0.39 is 0 Å². The molecule has 4 heteroatoms. The Morgan fingerprint density at radius 3 is 2.46 bits per heavy atom. The zero-order chi connectivity index (χ0) is 16.8. The standard InChI is InChI=1S/C20H29FN2O/c21-18-11-9-16(10-12-18)14-23-13-5-6-17(15-23)20(24)22-19-7-3-1-2-4-8-19/h9-12,17,19H,1-8,13-15H2,(H,22,24). The van der Waals surface area contributed by atoms with Crippen molar-refractivity contribution in [2.75, 3.05) is 13.1 Å². The second-order valence-corrected chi connectivity index (χ2v) is 7.40. The predicted molar refractivity (Wildman–Crippen MR) is 94.0 cm³/mol. The third kappa shape index (κ3) is 5.04. The monoisotopic (exact) mass is 332 g/mol. The topological polar surface area (TPSA) is 32.3 Å². The van der Waals surface area contributed by atoms with Gasteiger partial charge in [0.05, 0.1) is 5.92 Å². The van der Waals surface area contributed by atoms with Gasteiger partial charge in [0.1, 0.15) is 5.82 Å². The Morgan fingerprint density at radius 1 is 1.04 bits per heavy atom. The molecule has 1 heterocycles. The van der Waals surface area contributed by atoms with Gasteiger partial charge in [0.15, 0.2) is 0 Å². The van der Waals surface area contributed by atoms with Crippen LogP contribution in [0.3, 0.4) is 0 Å². The third-order valence-electron chi connectivity index (χ3n) is 5.40. The molecule has 1 saturated carbocycles. The second-order valence-electron chi connectivity index (χ2n) is 7.40. The molecule has 2 aliphatic rings. The van der Waals surface area contributed by atoms with Crippen molar-refractivity contribution >= 4 is 5.91 Å². The fraction of sp³-hybridized carbons (Fsp3) is 0.650. The molecule has 0 bridgehead atoms. The molecule has 0 spiro atoms. The highest BCUT2D eigenvalue weighted by Gasteiger charge is 2.27. The van der Waals surface area contributed by atoms with Crippen LogP contribution in [-0.2, 0) is 11.3 Å². The summed E-state index contributed by atoms with van der Waals surface area (Å²) < 4.78 is 13.0. The first-order valence-corrected chi connectivity index (χ1v) is 9.48. The summed E-state index contributed by atoms with van der Waals surface area (Å²) in [5.41, 5.74) is 1.11. The van der Waals surface area contributed by atoms with E-state index in [9.17, 15) is 9.18 Å². The van der Waals surface area contributed by atoms with E-state index in [1.165, 1.54) is 37.8 Å². The Morgan fingerprint density at radius 2 is 1.75 bits per heavy atom. The van der Waals surface area contributed by atoms with Gasteiger partial charge < -0.3 is 5.32 Å². The summed E-state index contributed by atoms with van der Waals surface area (Å²) in [6.07, 6.45) is 9.42. The highest BCUT2D eigenvalue weighted by atomic mass is 19.1. The summed E-state index contributed by atoms with van der Waals surface area (Å²) in [6.45, 7) is 2.63. The second kappa shape index (κ2) is 8.61. The number of carbonyl (C=O) groups excluding carboxylic acids is 1. The van der Waals surface area contributed by atoms with Crippen LogP contribution in [0.2, 0.25) is 0 Å². The van der Waals surface area contributed by atoms with Gasteiger partial charge in [-0.15, -0.1) is 0 Å².